The molecule has 3 nitrogen and oxygen atoms in total. The third-order valence-corrected chi connectivity index (χ3v) is 4.92. The Bertz CT molecular complexity index is 874. The van der Waals surface area contributed by atoms with E-state index in [0.717, 1.165) is 6.07 Å². The van der Waals surface area contributed by atoms with E-state index >= 15 is 0 Å². The number of pyridine rings is 1. The summed E-state index contributed by atoms with van der Waals surface area (Å²) in [6.07, 6.45) is -4.80. The van der Waals surface area contributed by atoms with E-state index in [1.54, 1.807) is 6.07 Å². The monoisotopic (exact) mass is 403 g/mol. The topological polar surface area (TPSA) is 39.9 Å². The van der Waals surface area contributed by atoms with E-state index in [0.29, 0.717) is 0 Å². The Hall–Kier alpha value is -2.04. The van der Waals surface area contributed by atoms with Crippen molar-refractivity contribution in [1.29, 1.82) is 5.26 Å². The molecule has 3 rings (SSSR count). The molecule has 1 fully saturated rings. The lowest BCUT2D eigenvalue weighted by Gasteiger charge is -2.32. The van der Waals surface area contributed by atoms with Gasteiger partial charge in [0.15, 0.2) is 11.5 Å². The van der Waals surface area contributed by atoms with E-state index in [1.165, 1.54) is 29.2 Å². The van der Waals surface area contributed by atoms with Gasteiger partial charge in [0, 0.05) is 23.1 Å². The molecule has 0 amide bonds. The Labute approximate surface area is 156 Å². The van der Waals surface area contributed by atoms with Gasteiger partial charge < -0.3 is 4.90 Å². The summed E-state index contributed by atoms with van der Waals surface area (Å²) in [4.78, 5) is 5.20. The molecular weight excluding hydrogens is 393 g/mol. The van der Waals surface area contributed by atoms with Gasteiger partial charge in [0.2, 0.25) is 0 Å². The molecule has 0 bridgehead atoms. The molecule has 0 radical (unpaired) electrons. The number of rotatable bonds is 2. The van der Waals surface area contributed by atoms with Crippen molar-refractivity contribution in [2.24, 2.45) is 0 Å². The first-order valence-electron chi connectivity index (χ1n) is 7.51. The average Bonchev–Trinajstić information content (AvgIpc) is 3.01. The molecule has 0 spiro atoms. The summed E-state index contributed by atoms with van der Waals surface area (Å²) in [6, 6.07) is 7.73. The zero-order valence-corrected chi connectivity index (χ0v) is 14.6. The van der Waals surface area contributed by atoms with Crippen LogP contribution in [-0.2, 0) is 5.41 Å². The molecule has 2 heterocycles. The van der Waals surface area contributed by atoms with Gasteiger partial charge >= 0.3 is 6.18 Å². The Balaban J connectivity index is 2.03. The maximum Gasteiger partial charge on any atom is 0.400 e. The largest absolute Gasteiger partial charge is 0.400 e. The van der Waals surface area contributed by atoms with Gasteiger partial charge in [0.1, 0.15) is 17.3 Å². The molecule has 1 aliphatic rings. The van der Waals surface area contributed by atoms with Crippen LogP contribution in [0.5, 0.6) is 0 Å². The standard InChI is InChI=1S/C17H11Cl2F4N3/c18-11-5-10(6-12(19)7-11)16(17(21,22)23)3-4-26(9-16)15-2-1-13(20)14(8-24)25-15/h1-2,5-7H,3-4,9H2. The van der Waals surface area contributed by atoms with Crippen LogP contribution in [0.15, 0.2) is 30.3 Å². The van der Waals surface area contributed by atoms with Crippen LogP contribution in [0, 0.1) is 17.1 Å². The minimum Gasteiger partial charge on any atom is -0.355 e. The van der Waals surface area contributed by atoms with E-state index in [9.17, 15) is 17.6 Å². The summed E-state index contributed by atoms with van der Waals surface area (Å²) in [7, 11) is 0. The summed E-state index contributed by atoms with van der Waals surface area (Å²) in [5.74, 6) is -0.707. The Morgan fingerprint density at radius 3 is 2.38 bits per heavy atom. The second-order valence-corrected chi connectivity index (χ2v) is 6.89. The van der Waals surface area contributed by atoms with Crippen molar-refractivity contribution >= 4 is 29.0 Å². The van der Waals surface area contributed by atoms with Crippen molar-refractivity contribution in [2.45, 2.75) is 18.0 Å². The lowest BCUT2D eigenvalue weighted by atomic mass is 9.79. The van der Waals surface area contributed by atoms with Crippen LogP contribution < -0.4 is 4.90 Å². The van der Waals surface area contributed by atoms with Gasteiger partial charge in [-0.15, -0.1) is 0 Å². The summed E-state index contributed by atoms with van der Waals surface area (Å²) in [5.41, 5.74) is -2.69. The van der Waals surface area contributed by atoms with Crippen LogP contribution in [0.2, 0.25) is 10.0 Å². The van der Waals surface area contributed by atoms with E-state index in [4.69, 9.17) is 28.5 Å². The highest BCUT2D eigenvalue weighted by atomic mass is 35.5. The van der Waals surface area contributed by atoms with Crippen molar-refractivity contribution in [3.63, 3.8) is 0 Å². The Morgan fingerprint density at radius 2 is 1.81 bits per heavy atom. The normalized spacial score (nSPS) is 20.3. The highest BCUT2D eigenvalue weighted by Gasteiger charge is 2.59. The molecule has 1 aliphatic heterocycles. The van der Waals surface area contributed by atoms with Gasteiger partial charge in [-0.3, -0.25) is 0 Å². The number of alkyl halides is 3. The first kappa shape index (κ1) is 18.7. The number of hydrogen-bond acceptors (Lipinski definition) is 3. The molecule has 26 heavy (non-hydrogen) atoms. The van der Waals surface area contributed by atoms with Gasteiger partial charge in [-0.25, -0.2) is 9.37 Å². The van der Waals surface area contributed by atoms with Crippen LogP contribution in [0.1, 0.15) is 17.7 Å². The number of halogens is 6. The van der Waals surface area contributed by atoms with Crippen molar-refractivity contribution in [2.75, 3.05) is 18.0 Å². The lowest BCUT2D eigenvalue weighted by Crippen LogP contribution is -2.45. The summed E-state index contributed by atoms with van der Waals surface area (Å²) >= 11 is 11.8. The molecule has 9 heteroatoms. The highest BCUT2D eigenvalue weighted by Crippen LogP contribution is 2.49. The molecule has 0 saturated carbocycles. The molecular formula is C17H11Cl2F4N3. The number of nitrogens with zero attached hydrogens (tertiary/aromatic N) is 3. The maximum absolute atomic E-state index is 14.0. The average molecular weight is 404 g/mol. The fourth-order valence-electron chi connectivity index (χ4n) is 3.15. The van der Waals surface area contributed by atoms with Crippen LogP contribution in [-0.4, -0.2) is 24.2 Å². The highest BCUT2D eigenvalue weighted by molar-refractivity contribution is 6.34. The number of anilines is 1. The van der Waals surface area contributed by atoms with Crippen molar-refractivity contribution in [3.8, 4) is 6.07 Å². The second-order valence-electron chi connectivity index (χ2n) is 6.02. The fourth-order valence-corrected chi connectivity index (χ4v) is 3.68. The van der Waals surface area contributed by atoms with E-state index in [2.05, 4.69) is 4.98 Å². The SMILES string of the molecule is N#Cc1nc(N2CCC(c3cc(Cl)cc(Cl)c3)(C(F)(F)F)C2)ccc1F. The minimum atomic E-state index is -4.56. The van der Waals surface area contributed by atoms with Gasteiger partial charge in [-0.2, -0.15) is 18.4 Å². The maximum atomic E-state index is 14.0. The van der Waals surface area contributed by atoms with Gasteiger partial charge in [0.05, 0.1) is 0 Å². The Morgan fingerprint density at radius 1 is 1.15 bits per heavy atom. The summed E-state index contributed by atoms with van der Waals surface area (Å²) in [6.45, 7) is -0.399. The van der Waals surface area contributed by atoms with E-state index in [1.807, 2.05) is 0 Å². The minimum absolute atomic E-state index is 0.0346. The molecule has 1 unspecified atom stereocenters. The number of hydrogen-bond donors (Lipinski definition) is 0. The molecule has 2 aromatic rings. The van der Waals surface area contributed by atoms with Crippen molar-refractivity contribution in [1.82, 2.24) is 4.98 Å². The molecule has 136 valence electrons. The predicted octanol–water partition coefficient (Wildman–Crippen LogP) is 5.11. The first-order valence-corrected chi connectivity index (χ1v) is 8.27. The molecule has 0 aliphatic carbocycles. The summed E-state index contributed by atoms with van der Waals surface area (Å²) < 4.78 is 55.5. The van der Waals surface area contributed by atoms with Crippen molar-refractivity contribution < 1.29 is 17.6 Å². The molecule has 1 aromatic carbocycles. The van der Waals surface area contributed by atoms with Gasteiger partial charge in [-0.05, 0) is 42.3 Å². The number of aromatic nitrogens is 1. The third-order valence-electron chi connectivity index (χ3n) is 4.49. The van der Waals surface area contributed by atoms with Crippen LogP contribution in [0.25, 0.3) is 0 Å². The molecule has 1 saturated heterocycles. The fraction of sp³-hybridized carbons (Fsp3) is 0.294. The van der Waals surface area contributed by atoms with E-state index in [-0.39, 0.29) is 34.4 Å². The second kappa shape index (κ2) is 6.60. The van der Waals surface area contributed by atoms with E-state index < -0.39 is 29.6 Å². The molecule has 0 N–H and O–H groups in total. The Kier molecular flexibility index (Phi) is 4.76. The van der Waals surface area contributed by atoms with Crippen molar-refractivity contribution in [3.05, 3.63) is 57.5 Å². The smallest absolute Gasteiger partial charge is 0.355 e. The molecule has 1 atom stereocenters. The van der Waals surface area contributed by atoms with Crippen LogP contribution in [0.3, 0.4) is 0 Å². The zero-order valence-electron chi connectivity index (χ0n) is 13.1. The van der Waals surface area contributed by atoms with Gasteiger partial charge in [0.25, 0.3) is 0 Å². The number of benzene rings is 1. The summed E-state index contributed by atoms with van der Waals surface area (Å²) in [5, 5.41) is 9.10. The van der Waals surface area contributed by atoms with Crippen LogP contribution in [0.4, 0.5) is 23.4 Å². The first-order chi connectivity index (χ1) is 12.2. The van der Waals surface area contributed by atoms with Crippen LogP contribution >= 0.6 is 23.2 Å². The quantitative estimate of drug-likeness (QED) is 0.654. The number of nitriles is 1. The zero-order chi connectivity index (χ0) is 19.1. The van der Waals surface area contributed by atoms with Gasteiger partial charge in [-0.1, -0.05) is 23.2 Å². The third kappa shape index (κ3) is 3.19. The lowest BCUT2D eigenvalue weighted by molar-refractivity contribution is -0.184. The molecule has 1 aromatic heterocycles. The predicted molar refractivity (Wildman–Crippen MR) is 89.9 cm³/mol.